The first-order valence-electron chi connectivity index (χ1n) is 8.01. The van der Waals surface area contributed by atoms with Crippen molar-refractivity contribution < 1.29 is 13.9 Å². The molecule has 3 heterocycles. The van der Waals surface area contributed by atoms with Crippen LogP contribution in [0.5, 0.6) is 0 Å². The fraction of sp³-hybridized carbons (Fsp3) is 0.222. The molecule has 0 aliphatic carbocycles. The van der Waals surface area contributed by atoms with E-state index in [4.69, 9.17) is 4.74 Å². The van der Waals surface area contributed by atoms with E-state index >= 15 is 0 Å². The lowest BCUT2D eigenvalue weighted by atomic mass is 10.2. The summed E-state index contributed by atoms with van der Waals surface area (Å²) in [5.74, 6) is -0.503. The summed E-state index contributed by atoms with van der Waals surface area (Å²) in [5, 5.41) is 0.737. The lowest BCUT2D eigenvalue weighted by molar-refractivity contribution is 0.0299. The van der Waals surface area contributed by atoms with Gasteiger partial charge in [-0.3, -0.25) is 14.2 Å². The van der Waals surface area contributed by atoms with E-state index < -0.39 is 0 Å². The van der Waals surface area contributed by atoms with Gasteiger partial charge in [0.1, 0.15) is 17.2 Å². The quantitative estimate of drug-likeness (QED) is 0.774. The van der Waals surface area contributed by atoms with E-state index in [2.05, 4.69) is 4.98 Å². The summed E-state index contributed by atoms with van der Waals surface area (Å²) < 4.78 is 19.9. The van der Waals surface area contributed by atoms with Crippen molar-refractivity contribution in [2.24, 2.45) is 0 Å². The zero-order valence-electron chi connectivity index (χ0n) is 13.4. The predicted octanol–water partition coefficient (Wildman–Crippen LogP) is 1.93. The van der Waals surface area contributed by atoms with Crippen LogP contribution in [0.4, 0.5) is 4.39 Å². The Hall–Kier alpha value is -2.93. The van der Waals surface area contributed by atoms with Gasteiger partial charge in [-0.25, -0.2) is 4.39 Å². The molecule has 2 aromatic heterocycles. The van der Waals surface area contributed by atoms with Crippen LogP contribution >= 0.6 is 0 Å². The first kappa shape index (κ1) is 15.6. The van der Waals surface area contributed by atoms with Crippen LogP contribution < -0.4 is 5.56 Å². The van der Waals surface area contributed by atoms with Crippen molar-refractivity contribution in [3.63, 3.8) is 0 Å². The molecule has 0 radical (unpaired) electrons. The first-order chi connectivity index (χ1) is 12.1. The van der Waals surface area contributed by atoms with E-state index in [9.17, 15) is 14.0 Å². The predicted molar refractivity (Wildman–Crippen MR) is 90.6 cm³/mol. The van der Waals surface area contributed by atoms with Gasteiger partial charge < -0.3 is 14.6 Å². The van der Waals surface area contributed by atoms with Gasteiger partial charge >= 0.3 is 0 Å². The third-order valence-corrected chi connectivity index (χ3v) is 4.29. The number of nitrogens with zero attached hydrogens (tertiary/aromatic N) is 2. The summed E-state index contributed by atoms with van der Waals surface area (Å²) in [6.07, 6.45) is 0. The van der Waals surface area contributed by atoms with Crippen LogP contribution in [-0.2, 0) is 4.74 Å². The minimum absolute atomic E-state index is 0.127. The number of halogens is 1. The van der Waals surface area contributed by atoms with E-state index in [0.29, 0.717) is 43.3 Å². The Morgan fingerprint density at radius 3 is 2.52 bits per heavy atom. The zero-order valence-corrected chi connectivity index (χ0v) is 13.4. The van der Waals surface area contributed by atoms with Crippen molar-refractivity contribution in [1.29, 1.82) is 0 Å². The van der Waals surface area contributed by atoms with Crippen LogP contribution in [-0.4, -0.2) is 46.7 Å². The lowest BCUT2D eigenvalue weighted by Crippen LogP contribution is -2.40. The second-order valence-electron chi connectivity index (χ2n) is 5.87. The third-order valence-electron chi connectivity index (χ3n) is 4.29. The number of hydrogen-bond donors (Lipinski definition) is 1. The molecule has 1 amide bonds. The monoisotopic (exact) mass is 341 g/mol. The third kappa shape index (κ3) is 2.83. The number of carbonyl (C=O) groups excluding carboxylic acids is 1. The smallest absolute Gasteiger partial charge is 0.270 e. The van der Waals surface area contributed by atoms with Crippen LogP contribution in [0.2, 0.25) is 0 Å². The van der Waals surface area contributed by atoms with Crippen molar-refractivity contribution >= 4 is 16.9 Å². The second kappa shape index (κ2) is 6.18. The highest BCUT2D eigenvalue weighted by atomic mass is 19.1. The molecule has 1 saturated heterocycles. The number of aromatic nitrogens is 2. The number of ether oxygens (including phenoxy) is 1. The van der Waals surface area contributed by atoms with Crippen LogP contribution in [0, 0.1) is 5.82 Å². The number of fused-ring (bicyclic) bond motifs is 1. The number of amides is 1. The topological polar surface area (TPSA) is 67.3 Å². The largest absolute Gasteiger partial charge is 0.378 e. The number of pyridine rings is 1. The zero-order chi connectivity index (χ0) is 17.4. The van der Waals surface area contributed by atoms with Crippen LogP contribution in [0.3, 0.4) is 0 Å². The highest BCUT2D eigenvalue weighted by Crippen LogP contribution is 2.19. The maximum absolute atomic E-state index is 13.2. The number of rotatable bonds is 2. The Kier molecular flexibility index (Phi) is 3.85. The van der Waals surface area contributed by atoms with Crippen LogP contribution in [0.25, 0.3) is 16.7 Å². The van der Waals surface area contributed by atoms with Gasteiger partial charge in [0.05, 0.1) is 18.9 Å². The molecule has 1 aliphatic rings. The summed E-state index contributed by atoms with van der Waals surface area (Å²) in [7, 11) is 0. The Morgan fingerprint density at radius 2 is 1.80 bits per heavy atom. The maximum Gasteiger partial charge on any atom is 0.270 e. The van der Waals surface area contributed by atoms with E-state index in [1.165, 1.54) is 34.9 Å². The van der Waals surface area contributed by atoms with Gasteiger partial charge in [0.2, 0.25) is 0 Å². The van der Waals surface area contributed by atoms with Gasteiger partial charge in [0, 0.05) is 24.5 Å². The molecule has 1 aromatic carbocycles. The minimum atomic E-state index is -0.376. The van der Waals surface area contributed by atoms with E-state index in [-0.39, 0.29) is 17.3 Å². The van der Waals surface area contributed by atoms with E-state index in [1.807, 2.05) is 0 Å². The first-order valence-corrected chi connectivity index (χ1v) is 8.01. The van der Waals surface area contributed by atoms with Gasteiger partial charge in [0.15, 0.2) is 0 Å². The van der Waals surface area contributed by atoms with Crippen molar-refractivity contribution in [2.45, 2.75) is 0 Å². The molecule has 25 heavy (non-hydrogen) atoms. The number of hydrogen-bond acceptors (Lipinski definition) is 3. The molecular weight excluding hydrogens is 325 g/mol. The molecule has 1 aliphatic heterocycles. The molecule has 0 unspecified atom stereocenters. The Morgan fingerprint density at radius 1 is 1.08 bits per heavy atom. The molecule has 4 rings (SSSR count). The van der Waals surface area contributed by atoms with Crippen LogP contribution in [0.1, 0.15) is 10.5 Å². The molecule has 0 spiro atoms. The molecule has 6 nitrogen and oxygen atoms in total. The fourth-order valence-electron chi connectivity index (χ4n) is 3.02. The van der Waals surface area contributed by atoms with Gasteiger partial charge in [-0.15, -0.1) is 0 Å². The van der Waals surface area contributed by atoms with E-state index in [0.717, 1.165) is 5.39 Å². The molecule has 128 valence electrons. The second-order valence-corrected chi connectivity index (χ2v) is 5.87. The lowest BCUT2D eigenvalue weighted by Gasteiger charge is -2.26. The Balaban J connectivity index is 1.80. The summed E-state index contributed by atoms with van der Waals surface area (Å²) in [6, 6.07) is 10.5. The normalized spacial score (nSPS) is 14.8. The maximum atomic E-state index is 13.2. The fourth-order valence-corrected chi connectivity index (χ4v) is 3.02. The van der Waals surface area contributed by atoms with Gasteiger partial charge in [-0.2, -0.15) is 0 Å². The van der Waals surface area contributed by atoms with Crippen molar-refractivity contribution in [1.82, 2.24) is 14.5 Å². The Labute approximate surface area is 142 Å². The van der Waals surface area contributed by atoms with Crippen molar-refractivity contribution in [2.75, 3.05) is 26.3 Å². The number of aromatic amines is 1. The number of H-pyrrole nitrogens is 1. The standard InChI is InChI=1S/C18H16FN3O3/c19-13-2-4-14(5-3-13)22-16(23)6-1-12-11-15(20-17(12)22)18(24)21-7-9-25-10-8-21/h1-6,11,20H,7-10H2. The average molecular weight is 341 g/mol. The van der Waals surface area contributed by atoms with Crippen molar-refractivity contribution in [3.05, 3.63) is 64.3 Å². The van der Waals surface area contributed by atoms with Crippen LogP contribution in [0.15, 0.2) is 47.3 Å². The molecule has 0 saturated carbocycles. The highest BCUT2D eigenvalue weighted by molar-refractivity contribution is 5.97. The molecule has 7 heteroatoms. The number of nitrogens with one attached hydrogen (secondary N) is 1. The average Bonchev–Trinajstić information content (AvgIpc) is 3.07. The summed E-state index contributed by atoms with van der Waals surface area (Å²) in [4.78, 5) is 29.8. The number of morpholine rings is 1. The highest BCUT2D eigenvalue weighted by Gasteiger charge is 2.21. The van der Waals surface area contributed by atoms with Gasteiger partial charge in [-0.1, -0.05) is 0 Å². The molecule has 1 fully saturated rings. The molecule has 0 bridgehead atoms. The van der Waals surface area contributed by atoms with E-state index in [1.54, 1.807) is 17.0 Å². The molecule has 1 N–H and O–H groups in total. The summed E-state index contributed by atoms with van der Waals surface area (Å²) in [6.45, 7) is 2.12. The van der Waals surface area contributed by atoms with Gasteiger partial charge in [0.25, 0.3) is 11.5 Å². The Bertz CT molecular complexity index is 985. The molecule has 0 atom stereocenters. The summed E-state index contributed by atoms with van der Waals surface area (Å²) in [5.41, 5.74) is 1.20. The van der Waals surface area contributed by atoms with Crippen molar-refractivity contribution in [3.8, 4) is 5.69 Å². The number of benzene rings is 1. The molecular formula is C18H16FN3O3. The minimum Gasteiger partial charge on any atom is -0.378 e. The molecule has 3 aromatic rings. The number of carbonyl (C=O) groups is 1. The SMILES string of the molecule is O=C(c1cc2ccc(=O)n(-c3ccc(F)cc3)c2[nH]1)N1CCOCC1. The summed E-state index contributed by atoms with van der Waals surface area (Å²) >= 11 is 0. The van der Waals surface area contributed by atoms with Gasteiger partial charge in [-0.05, 0) is 36.4 Å².